The Balaban J connectivity index is 1.05. The normalized spacial score (nSPS) is 11.0. The van der Waals surface area contributed by atoms with Gasteiger partial charge in [0.15, 0.2) is 11.6 Å². The molecule has 10 aromatic rings. The lowest BCUT2D eigenvalue weighted by Crippen LogP contribution is -1.97. The summed E-state index contributed by atoms with van der Waals surface area (Å²) in [7, 11) is 0. The van der Waals surface area contributed by atoms with Gasteiger partial charge in [0.1, 0.15) is 0 Å². The summed E-state index contributed by atoms with van der Waals surface area (Å²) in [4.78, 5) is 34.7. The molecule has 0 saturated heterocycles. The molecule has 282 valence electrons. The third kappa shape index (κ3) is 7.71. The van der Waals surface area contributed by atoms with Crippen LogP contribution in [0.2, 0.25) is 0 Å². The molecule has 0 atom stereocenters. The first kappa shape index (κ1) is 36.1. The van der Waals surface area contributed by atoms with Crippen LogP contribution >= 0.6 is 0 Å². The fraction of sp³-hybridized carbons (Fsp3) is 0. The van der Waals surface area contributed by atoms with E-state index in [0.29, 0.717) is 17.3 Å². The van der Waals surface area contributed by atoms with Crippen LogP contribution in [-0.4, -0.2) is 34.9 Å². The summed E-state index contributed by atoms with van der Waals surface area (Å²) in [6, 6.07) is 67.2. The smallest absolute Gasteiger partial charge is 0.160 e. The maximum atomic E-state index is 5.13. The molecule has 0 bridgehead atoms. The van der Waals surface area contributed by atoms with E-state index in [4.69, 9.17) is 29.9 Å². The molecule has 0 unspecified atom stereocenters. The Bertz CT molecular complexity index is 2940. The second-order valence-corrected chi connectivity index (χ2v) is 14.2. The first-order valence-electron chi connectivity index (χ1n) is 19.7. The standard InChI is InChI=1S/C53H35N7/c1-5-15-37(16-6-1)45-34-47(59-52(57-45)40-19-9-3-10-20-40)39-26-24-36(25-27-39)43-32-50(44-23-13-14-29-54-44)56-51(33-43)49-31-42(28-30-55-49)48-35-46(38-17-7-2-8-18-38)58-53(60-48)41-21-11-4-12-22-41/h1-35H. The van der Waals surface area contributed by atoms with E-state index in [-0.39, 0.29) is 0 Å². The first-order valence-corrected chi connectivity index (χ1v) is 19.7. The van der Waals surface area contributed by atoms with Crippen molar-refractivity contribution >= 4 is 0 Å². The van der Waals surface area contributed by atoms with E-state index < -0.39 is 0 Å². The van der Waals surface area contributed by atoms with Crippen molar-refractivity contribution in [1.82, 2.24) is 34.9 Å². The minimum atomic E-state index is 0.654. The highest BCUT2D eigenvalue weighted by Gasteiger charge is 2.16. The van der Waals surface area contributed by atoms with Crippen LogP contribution in [0.4, 0.5) is 0 Å². The molecule has 0 saturated carbocycles. The minimum absolute atomic E-state index is 0.654. The zero-order chi connectivity index (χ0) is 40.1. The van der Waals surface area contributed by atoms with Crippen molar-refractivity contribution in [2.75, 3.05) is 0 Å². The summed E-state index contributed by atoms with van der Waals surface area (Å²) in [6.45, 7) is 0. The second kappa shape index (κ2) is 16.3. The Morgan fingerprint density at radius 1 is 0.200 bits per heavy atom. The summed E-state index contributed by atoms with van der Waals surface area (Å²) in [5, 5.41) is 0. The molecule has 5 heterocycles. The number of rotatable bonds is 9. The van der Waals surface area contributed by atoms with Gasteiger partial charge in [0.05, 0.1) is 45.6 Å². The van der Waals surface area contributed by atoms with Gasteiger partial charge in [0.2, 0.25) is 0 Å². The predicted molar refractivity (Wildman–Crippen MR) is 240 cm³/mol. The summed E-state index contributed by atoms with van der Waals surface area (Å²) in [6.07, 6.45) is 3.60. The van der Waals surface area contributed by atoms with E-state index in [1.54, 1.807) is 6.20 Å². The molecule has 0 aliphatic carbocycles. The topological polar surface area (TPSA) is 90.2 Å². The molecule has 0 radical (unpaired) electrons. The van der Waals surface area contributed by atoms with Crippen molar-refractivity contribution in [3.05, 3.63) is 213 Å². The van der Waals surface area contributed by atoms with Crippen molar-refractivity contribution < 1.29 is 0 Å². The molecule has 7 nitrogen and oxygen atoms in total. The molecule has 0 fully saturated rings. The highest BCUT2D eigenvalue weighted by molar-refractivity contribution is 5.79. The van der Waals surface area contributed by atoms with Gasteiger partial charge in [-0.3, -0.25) is 9.97 Å². The fourth-order valence-corrected chi connectivity index (χ4v) is 7.17. The minimum Gasteiger partial charge on any atom is -0.255 e. The van der Waals surface area contributed by atoms with Gasteiger partial charge in [-0.25, -0.2) is 24.9 Å². The quantitative estimate of drug-likeness (QED) is 0.144. The molecule has 60 heavy (non-hydrogen) atoms. The van der Waals surface area contributed by atoms with Gasteiger partial charge in [0.25, 0.3) is 0 Å². The molecule has 7 heteroatoms. The van der Waals surface area contributed by atoms with Gasteiger partial charge in [-0.15, -0.1) is 0 Å². The molecule has 5 aromatic carbocycles. The van der Waals surface area contributed by atoms with Crippen LogP contribution in [0.3, 0.4) is 0 Å². The molecular formula is C53H35N7. The monoisotopic (exact) mass is 769 g/mol. The van der Waals surface area contributed by atoms with Gasteiger partial charge in [-0.05, 0) is 59.7 Å². The summed E-state index contributed by atoms with van der Waals surface area (Å²) >= 11 is 0. The second-order valence-electron chi connectivity index (χ2n) is 14.2. The summed E-state index contributed by atoms with van der Waals surface area (Å²) in [5.74, 6) is 1.33. The van der Waals surface area contributed by atoms with Crippen molar-refractivity contribution in [1.29, 1.82) is 0 Å². The predicted octanol–water partition coefficient (Wildman–Crippen LogP) is 12.5. The maximum absolute atomic E-state index is 5.13. The van der Waals surface area contributed by atoms with E-state index in [1.165, 1.54) is 0 Å². The van der Waals surface area contributed by atoms with Crippen molar-refractivity contribution in [2.45, 2.75) is 0 Å². The van der Waals surface area contributed by atoms with E-state index in [2.05, 4.69) is 71.7 Å². The average molecular weight is 770 g/mol. The van der Waals surface area contributed by atoms with Crippen LogP contribution in [-0.2, 0) is 0 Å². The SMILES string of the molecule is c1ccc(-c2cc(-c3ccc(-c4cc(-c5ccccn5)nc(-c5cc(-c6cc(-c7ccccc7)nc(-c7ccccc7)n6)ccn5)c4)cc3)nc(-c3ccccc3)n2)cc1. The van der Waals surface area contributed by atoms with Gasteiger partial charge in [-0.1, -0.05) is 152 Å². The van der Waals surface area contributed by atoms with E-state index >= 15 is 0 Å². The van der Waals surface area contributed by atoms with E-state index in [1.807, 2.05) is 140 Å². The zero-order valence-electron chi connectivity index (χ0n) is 32.3. The molecular weight excluding hydrogens is 735 g/mol. The Labute approximate surface area is 347 Å². The zero-order valence-corrected chi connectivity index (χ0v) is 32.3. The third-order valence-corrected chi connectivity index (χ3v) is 10.2. The Morgan fingerprint density at radius 3 is 1.10 bits per heavy atom. The van der Waals surface area contributed by atoms with E-state index in [0.717, 1.165) is 84.4 Å². The molecule has 0 spiro atoms. The highest BCUT2D eigenvalue weighted by Crippen LogP contribution is 2.34. The van der Waals surface area contributed by atoms with Gasteiger partial charge < -0.3 is 0 Å². The van der Waals surface area contributed by atoms with Crippen LogP contribution in [0.15, 0.2) is 213 Å². The van der Waals surface area contributed by atoms with Crippen molar-refractivity contribution in [3.63, 3.8) is 0 Å². The lowest BCUT2D eigenvalue weighted by Gasteiger charge is -2.12. The average Bonchev–Trinajstić information content (AvgIpc) is 3.35. The molecule has 5 aromatic heterocycles. The van der Waals surface area contributed by atoms with Crippen LogP contribution < -0.4 is 0 Å². The van der Waals surface area contributed by atoms with Crippen LogP contribution in [0.1, 0.15) is 0 Å². The number of nitrogens with zero attached hydrogens (tertiary/aromatic N) is 7. The molecule has 0 aliphatic rings. The van der Waals surface area contributed by atoms with Crippen LogP contribution in [0.5, 0.6) is 0 Å². The van der Waals surface area contributed by atoms with Crippen molar-refractivity contribution in [2.24, 2.45) is 0 Å². The van der Waals surface area contributed by atoms with Gasteiger partial charge in [-0.2, -0.15) is 0 Å². The number of pyridine rings is 3. The number of benzene rings is 5. The number of aromatic nitrogens is 7. The third-order valence-electron chi connectivity index (χ3n) is 10.2. The molecule has 10 rings (SSSR count). The molecule has 0 aliphatic heterocycles. The number of hydrogen-bond acceptors (Lipinski definition) is 7. The van der Waals surface area contributed by atoms with Gasteiger partial charge >= 0.3 is 0 Å². The van der Waals surface area contributed by atoms with E-state index in [9.17, 15) is 0 Å². The summed E-state index contributed by atoms with van der Waals surface area (Å²) < 4.78 is 0. The maximum Gasteiger partial charge on any atom is 0.160 e. The lowest BCUT2D eigenvalue weighted by atomic mass is 9.99. The Kier molecular flexibility index (Phi) is 9.79. The fourth-order valence-electron chi connectivity index (χ4n) is 7.17. The highest BCUT2D eigenvalue weighted by atomic mass is 14.9. The Hall–Kier alpha value is -8.29. The number of hydrogen-bond donors (Lipinski definition) is 0. The van der Waals surface area contributed by atoms with Crippen LogP contribution in [0, 0.1) is 0 Å². The largest absolute Gasteiger partial charge is 0.255 e. The van der Waals surface area contributed by atoms with Crippen molar-refractivity contribution in [3.8, 4) is 102 Å². The van der Waals surface area contributed by atoms with Crippen LogP contribution in [0.25, 0.3) is 102 Å². The van der Waals surface area contributed by atoms with Gasteiger partial charge in [0, 0.05) is 45.8 Å². The summed E-state index contributed by atoms with van der Waals surface area (Å²) in [5.41, 5.74) is 14.1. The Morgan fingerprint density at radius 2 is 0.600 bits per heavy atom. The molecule has 0 amide bonds. The first-order chi connectivity index (χ1) is 29.7. The lowest BCUT2D eigenvalue weighted by molar-refractivity contribution is 1.18. The molecule has 0 N–H and O–H groups in total.